The monoisotopic (exact) mass is 194 g/mol. The predicted molar refractivity (Wildman–Crippen MR) is 60.2 cm³/mol. The number of hydrogen-bond donors (Lipinski definition) is 2. The maximum Gasteiger partial charge on any atom is 0.121 e. The molecule has 0 saturated heterocycles. The third-order valence-electron chi connectivity index (χ3n) is 2.15. The Bertz CT molecular complexity index is 264. The van der Waals surface area contributed by atoms with Crippen molar-refractivity contribution in [2.45, 2.75) is 6.42 Å². The summed E-state index contributed by atoms with van der Waals surface area (Å²) in [7, 11) is 5.56. The summed E-state index contributed by atoms with van der Waals surface area (Å²) < 4.78 is 5.22. The number of anilines is 1. The van der Waals surface area contributed by atoms with Crippen molar-refractivity contribution in [2.24, 2.45) is 0 Å². The van der Waals surface area contributed by atoms with Crippen molar-refractivity contribution < 1.29 is 4.74 Å². The first kappa shape index (κ1) is 10.9. The first-order valence-electron chi connectivity index (χ1n) is 4.80. The Hall–Kier alpha value is -1.22. The Balaban J connectivity index is 2.81. The van der Waals surface area contributed by atoms with Crippen LogP contribution in [0, 0.1) is 0 Å². The Morgan fingerprint density at radius 2 is 2.00 bits per heavy atom. The van der Waals surface area contributed by atoms with Crippen molar-refractivity contribution >= 4 is 5.69 Å². The number of rotatable bonds is 5. The molecule has 1 aromatic rings. The molecule has 78 valence electrons. The van der Waals surface area contributed by atoms with Crippen LogP contribution in [0.3, 0.4) is 0 Å². The molecule has 0 aromatic heterocycles. The first-order chi connectivity index (χ1) is 6.80. The SMILES string of the molecule is CNCCc1cc(NC)cc(OC)c1. The fraction of sp³-hybridized carbons (Fsp3) is 0.455. The van der Waals surface area contributed by atoms with Crippen molar-refractivity contribution in [3.63, 3.8) is 0 Å². The molecule has 0 atom stereocenters. The van der Waals surface area contributed by atoms with E-state index < -0.39 is 0 Å². The van der Waals surface area contributed by atoms with Gasteiger partial charge in [0.2, 0.25) is 0 Å². The van der Waals surface area contributed by atoms with Crippen LogP contribution < -0.4 is 15.4 Å². The van der Waals surface area contributed by atoms with Crippen LogP contribution in [0.15, 0.2) is 18.2 Å². The van der Waals surface area contributed by atoms with Crippen molar-refractivity contribution in [3.05, 3.63) is 23.8 Å². The lowest BCUT2D eigenvalue weighted by Gasteiger charge is -2.08. The summed E-state index contributed by atoms with van der Waals surface area (Å²) in [6, 6.07) is 6.20. The van der Waals surface area contributed by atoms with Gasteiger partial charge in [0, 0.05) is 18.8 Å². The Labute approximate surface area is 85.5 Å². The van der Waals surface area contributed by atoms with Gasteiger partial charge in [-0.15, -0.1) is 0 Å². The lowest BCUT2D eigenvalue weighted by atomic mass is 10.1. The molecule has 0 aliphatic carbocycles. The summed E-state index contributed by atoms with van der Waals surface area (Å²) in [6.07, 6.45) is 1.02. The van der Waals surface area contributed by atoms with Gasteiger partial charge in [-0.1, -0.05) is 0 Å². The number of benzene rings is 1. The molecule has 0 radical (unpaired) electrons. The van der Waals surface area contributed by atoms with E-state index >= 15 is 0 Å². The van der Waals surface area contributed by atoms with Gasteiger partial charge in [-0.25, -0.2) is 0 Å². The molecular formula is C11H18N2O. The molecule has 3 nitrogen and oxygen atoms in total. The van der Waals surface area contributed by atoms with Crippen LogP contribution >= 0.6 is 0 Å². The van der Waals surface area contributed by atoms with E-state index in [-0.39, 0.29) is 0 Å². The summed E-state index contributed by atoms with van der Waals surface area (Å²) in [5.41, 5.74) is 2.37. The van der Waals surface area contributed by atoms with Gasteiger partial charge in [-0.2, -0.15) is 0 Å². The van der Waals surface area contributed by atoms with Gasteiger partial charge < -0.3 is 15.4 Å². The van der Waals surface area contributed by atoms with Crippen molar-refractivity contribution in [2.75, 3.05) is 33.1 Å². The second kappa shape index (κ2) is 5.50. The van der Waals surface area contributed by atoms with Crippen LogP contribution in [0.4, 0.5) is 5.69 Å². The predicted octanol–water partition coefficient (Wildman–Crippen LogP) is 1.50. The lowest BCUT2D eigenvalue weighted by Crippen LogP contribution is -2.10. The van der Waals surface area contributed by atoms with E-state index in [4.69, 9.17) is 4.74 Å². The molecule has 2 N–H and O–H groups in total. The molecule has 0 aliphatic rings. The van der Waals surface area contributed by atoms with Crippen LogP contribution in [0.2, 0.25) is 0 Å². The first-order valence-corrected chi connectivity index (χ1v) is 4.80. The highest BCUT2D eigenvalue weighted by Crippen LogP contribution is 2.20. The zero-order valence-corrected chi connectivity index (χ0v) is 9.05. The molecule has 0 spiro atoms. The Kier molecular flexibility index (Phi) is 4.26. The second-order valence-electron chi connectivity index (χ2n) is 3.17. The standard InChI is InChI=1S/C11H18N2O/c1-12-5-4-9-6-10(13-2)8-11(7-9)14-3/h6-8,12-13H,4-5H2,1-3H3. The van der Waals surface area contributed by atoms with E-state index in [0.717, 1.165) is 24.4 Å². The third-order valence-corrected chi connectivity index (χ3v) is 2.15. The van der Waals surface area contributed by atoms with Gasteiger partial charge in [-0.05, 0) is 37.7 Å². The lowest BCUT2D eigenvalue weighted by molar-refractivity contribution is 0.414. The zero-order valence-electron chi connectivity index (χ0n) is 9.05. The largest absolute Gasteiger partial charge is 0.497 e. The minimum atomic E-state index is 0.906. The molecular weight excluding hydrogens is 176 g/mol. The fourth-order valence-electron chi connectivity index (χ4n) is 1.34. The van der Waals surface area contributed by atoms with E-state index in [2.05, 4.69) is 22.8 Å². The topological polar surface area (TPSA) is 33.3 Å². The van der Waals surface area contributed by atoms with Crippen LogP contribution in [-0.2, 0) is 6.42 Å². The van der Waals surface area contributed by atoms with Crippen LogP contribution in [0.5, 0.6) is 5.75 Å². The van der Waals surface area contributed by atoms with Crippen molar-refractivity contribution in [3.8, 4) is 5.75 Å². The molecule has 0 amide bonds. The quantitative estimate of drug-likeness (QED) is 0.745. The van der Waals surface area contributed by atoms with E-state index in [9.17, 15) is 0 Å². The highest BCUT2D eigenvalue weighted by atomic mass is 16.5. The maximum absolute atomic E-state index is 5.22. The number of methoxy groups -OCH3 is 1. The van der Waals surface area contributed by atoms with Crippen LogP contribution in [-0.4, -0.2) is 27.7 Å². The average Bonchev–Trinajstić information content (AvgIpc) is 2.25. The number of hydrogen-bond acceptors (Lipinski definition) is 3. The summed E-state index contributed by atoms with van der Waals surface area (Å²) in [4.78, 5) is 0. The summed E-state index contributed by atoms with van der Waals surface area (Å²) in [5, 5.41) is 6.25. The molecule has 0 unspecified atom stereocenters. The zero-order chi connectivity index (χ0) is 10.4. The van der Waals surface area contributed by atoms with Gasteiger partial charge in [0.25, 0.3) is 0 Å². The summed E-state index contributed by atoms with van der Waals surface area (Å²) >= 11 is 0. The highest BCUT2D eigenvalue weighted by molar-refractivity contribution is 5.50. The Morgan fingerprint density at radius 3 is 2.57 bits per heavy atom. The molecule has 1 rings (SSSR count). The molecule has 14 heavy (non-hydrogen) atoms. The fourth-order valence-corrected chi connectivity index (χ4v) is 1.34. The van der Waals surface area contributed by atoms with Gasteiger partial charge in [-0.3, -0.25) is 0 Å². The molecule has 0 aliphatic heterocycles. The van der Waals surface area contributed by atoms with Gasteiger partial charge in [0.15, 0.2) is 0 Å². The summed E-state index contributed by atoms with van der Waals surface area (Å²) in [6.45, 7) is 0.982. The Morgan fingerprint density at radius 1 is 1.21 bits per heavy atom. The molecule has 0 fully saturated rings. The molecule has 3 heteroatoms. The number of ether oxygens (including phenoxy) is 1. The third kappa shape index (κ3) is 2.92. The van der Waals surface area contributed by atoms with Gasteiger partial charge >= 0.3 is 0 Å². The molecule has 0 saturated carbocycles. The molecule has 1 aromatic carbocycles. The van der Waals surface area contributed by atoms with E-state index in [1.54, 1.807) is 7.11 Å². The van der Waals surface area contributed by atoms with Crippen LogP contribution in [0.1, 0.15) is 5.56 Å². The minimum absolute atomic E-state index is 0.906. The normalized spacial score (nSPS) is 9.93. The number of nitrogens with one attached hydrogen (secondary N) is 2. The molecule has 0 heterocycles. The van der Waals surface area contributed by atoms with Crippen LogP contribution in [0.25, 0.3) is 0 Å². The average molecular weight is 194 g/mol. The van der Waals surface area contributed by atoms with E-state index in [1.807, 2.05) is 20.2 Å². The maximum atomic E-state index is 5.22. The van der Waals surface area contributed by atoms with Crippen molar-refractivity contribution in [1.29, 1.82) is 0 Å². The van der Waals surface area contributed by atoms with Gasteiger partial charge in [0.05, 0.1) is 7.11 Å². The molecule has 0 bridgehead atoms. The second-order valence-corrected chi connectivity index (χ2v) is 3.17. The van der Waals surface area contributed by atoms with E-state index in [0.29, 0.717) is 0 Å². The van der Waals surface area contributed by atoms with Gasteiger partial charge in [0.1, 0.15) is 5.75 Å². The summed E-state index contributed by atoms with van der Waals surface area (Å²) in [5.74, 6) is 0.906. The number of likely N-dealkylation sites (N-methyl/N-ethyl adjacent to an activating group) is 1. The van der Waals surface area contributed by atoms with Crippen molar-refractivity contribution in [1.82, 2.24) is 5.32 Å². The smallest absolute Gasteiger partial charge is 0.121 e. The highest BCUT2D eigenvalue weighted by Gasteiger charge is 1.99. The van der Waals surface area contributed by atoms with E-state index in [1.165, 1.54) is 5.56 Å². The minimum Gasteiger partial charge on any atom is -0.497 e.